The highest BCUT2D eigenvalue weighted by Gasteiger charge is 2.26. The number of ether oxygens (including phenoxy) is 1. The summed E-state index contributed by atoms with van der Waals surface area (Å²) in [6.45, 7) is 2.45. The number of nitrogens with zero attached hydrogens (tertiary/aromatic N) is 2. The number of halogens is 1. The van der Waals surface area contributed by atoms with Gasteiger partial charge in [0.05, 0.1) is 17.2 Å². The Balaban J connectivity index is 2.39. The highest BCUT2D eigenvalue weighted by molar-refractivity contribution is 9.09. The van der Waals surface area contributed by atoms with Gasteiger partial charge in [0.25, 0.3) is 0 Å². The quantitative estimate of drug-likeness (QED) is 0.465. The molecule has 7 heteroatoms. The third kappa shape index (κ3) is 2.76. The van der Waals surface area contributed by atoms with Gasteiger partial charge in [0.1, 0.15) is 5.75 Å². The molecule has 0 aliphatic heterocycles. The van der Waals surface area contributed by atoms with E-state index in [0.29, 0.717) is 18.0 Å². The second-order valence-electron chi connectivity index (χ2n) is 3.60. The van der Waals surface area contributed by atoms with Crippen molar-refractivity contribution in [3.8, 4) is 17.4 Å². The minimum absolute atomic E-state index is 0.0283. The zero-order valence-corrected chi connectivity index (χ0v) is 11.7. The molecule has 0 fully saturated rings. The molecule has 6 nitrogen and oxygen atoms in total. The Labute approximate surface area is 117 Å². The van der Waals surface area contributed by atoms with Crippen LogP contribution in [0.25, 0.3) is 5.69 Å². The topological polar surface area (TPSA) is 79.3 Å². The van der Waals surface area contributed by atoms with E-state index < -0.39 is 5.95 Å². The number of rotatable bonds is 5. The van der Waals surface area contributed by atoms with E-state index >= 15 is 0 Å². The standard InChI is InChI=1S/C12H11BrN2O4/c1-2-18-9-5-3-8(4-6-9)15-11(10(16)7-13)12(17)19-14-15/h3-6H,2,7H2,1H3. The molecule has 0 radical (unpaired) electrons. The number of benzene rings is 1. The predicted octanol–water partition coefficient (Wildman–Crippen LogP) is 1.00. The lowest BCUT2D eigenvalue weighted by Crippen LogP contribution is -2.39. The second-order valence-corrected chi connectivity index (χ2v) is 4.17. The van der Waals surface area contributed by atoms with E-state index in [0.717, 1.165) is 0 Å². The smallest absolute Gasteiger partial charge is 0.307 e. The summed E-state index contributed by atoms with van der Waals surface area (Å²) in [6.07, 6.45) is 0. The zero-order chi connectivity index (χ0) is 13.8. The molecule has 2 rings (SSSR count). The van der Waals surface area contributed by atoms with E-state index in [1.54, 1.807) is 24.3 Å². The van der Waals surface area contributed by atoms with Crippen molar-refractivity contribution in [3.05, 3.63) is 30.0 Å². The van der Waals surface area contributed by atoms with Crippen LogP contribution < -0.4 is 14.5 Å². The molecule has 0 spiro atoms. The molecule has 19 heavy (non-hydrogen) atoms. The number of Topliss-reactive ketones (excluding diaryl/α,β-unsaturated/α-hetero) is 1. The fraction of sp³-hybridized carbons (Fsp3) is 0.250. The highest BCUT2D eigenvalue weighted by Crippen LogP contribution is 2.15. The van der Waals surface area contributed by atoms with Crippen LogP contribution in [0.5, 0.6) is 11.7 Å². The Morgan fingerprint density at radius 1 is 1.47 bits per heavy atom. The first kappa shape index (κ1) is 13.5. The first-order valence-corrected chi connectivity index (χ1v) is 6.71. The molecule has 0 amide bonds. The summed E-state index contributed by atoms with van der Waals surface area (Å²) in [4.78, 5) is 11.7. The van der Waals surface area contributed by atoms with Gasteiger partial charge in [-0.2, -0.15) is 0 Å². The Kier molecular flexibility index (Phi) is 4.16. The number of carbonyl (C=O) groups excluding carboxylic acids is 1. The summed E-state index contributed by atoms with van der Waals surface area (Å²) < 4.78 is 11.0. The Morgan fingerprint density at radius 3 is 2.74 bits per heavy atom. The Bertz CT molecular complexity index is 580. The second kappa shape index (κ2) is 5.83. The maximum Gasteiger partial charge on any atom is 0.307 e. The van der Waals surface area contributed by atoms with E-state index in [-0.39, 0.29) is 16.8 Å². The summed E-state index contributed by atoms with van der Waals surface area (Å²) in [6, 6.07) is 6.84. The summed E-state index contributed by atoms with van der Waals surface area (Å²) >= 11 is 3.02. The molecule has 0 atom stereocenters. The molecule has 1 heterocycles. The molecule has 100 valence electrons. The molecule has 1 aromatic heterocycles. The summed E-state index contributed by atoms with van der Waals surface area (Å²) in [7, 11) is 0. The van der Waals surface area contributed by atoms with Crippen LogP contribution in [-0.2, 0) is 0 Å². The van der Waals surface area contributed by atoms with Crippen molar-refractivity contribution in [2.45, 2.75) is 6.92 Å². The van der Waals surface area contributed by atoms with Gasteiger partial charge in [0, 0.05) is 12.1 Å². The number of aromatic nitrogens is 2. The van der Waals surface area contributed by atoms with E-state index in [1.807, 2.05) is 6.92 Å². The zero-order valence-electron chi connectivity index (χ0n) is 10.1. The van der Waals surface area contributed by atoms with Crippen molar-refractivity contribution in [1.82, 2.24) is 5.27 Å². The average molecular weight is 327 g/mol. The number of ketones is 1. The van der Waals surface area contributed by atoms with Gasteiger partial charge < -0.3 is 14.4 Å². The first-order valence-electron chi connectivity index (χ1n) is 5.58. The van der Waals surface area contributed by atoms with E-state index in [1.165, 1.54) is 4.68 Å². The Morgan fingerprint density at radius 2 is 2.16 bits per heavy atom. The maximum absolute atomic E-state index is 11.7. The average Bonchev–Trinajstić information content (AvgIpc) is 2.81. The van der Waals surface area contributed by atoms with Crippen LogP contribution in [0.3, 0.4) is 0 Å². The van der Waals surface area contributed by atoms with Crippen molar-refractivity contribution in [2.75, 3.05) is 11.9 Å². The van der Waals surface area contributed by atoms with Gasteiger partial charge in [-0.3, -0.25) is 4.79 Å². The van der Waals surface area contributed by atoms with Crippen molar-refractivity contribution < 1.29 is 23.8 Å². The Hall–Kier alpha value is -1.89. The molecule has 0 aliphatic rings. The van der Waals surface area contributed by atoms with Crippen LogP contribution in [-0.4, -0.2) is 23.0 Å². The van der Waals surface area contributed by atoms with E-state index in [2.05, 4.69) is 25.7 Å². The maximum atomic E-state index is 11.7. The minimum Gasteiger partial charge on any atom is -0.539 e. The molecule has 1 aromatic carbocycles. The molecule has 0 unspecified atom stereocenters. The molecule has 0 aliphatic carbocycles. The van der Waals surface area contributed by atoms with E-state index in [4.69, 9.17) is 4.74 Å². The fourth-order valence-electron chi connectivity index (χ4n) is 1.57. The van der Waals surface area contributed by atoms with Crippen LogP contribution >= 0.6 is 15.9 Å². The van der Waals surface area contributed by atoms with Crippen molar-refractivity contribution in [3.63, 3.8) is 0 Å². The van der Waals surface area contributed by atoms with Crippen LogP contribution in [0.2, 0.25) is 0 Å². The number of carbonyl (C=O) groups is 1. The highest BCUT2D eigenvalue weighted by atomic mass is 79.9. The summed E-state index contributed by atoms with van der Waals surface area (Å²) in [5.74, 6) is -0.440. The van der Waals surface area contributed by atoms with Gasteiger partial charge in [-0.05, 0) is 23.7 Å². The third-order valence-corrected chi connectivity index (χ3v) is 2.90. The third-order valence-electron chi connectivity index (χ3n) is 2.39. The lowest BCUT2D eigenvalue weighted by Gasteiger charge is -2.01. The SMILES string of the molecule is CCOc1ccc(-[n+]2noc([O-])c2C(=O)CBr)cc1. The predicted molar refractivity (Wildman–Crippen MR) is 66.8 cm³/mol. The monoisotopic (exact) mass is 326 g/mol. The molecule has 0 saturated heterocycles. The lowest BCUT2D eigenvalue weighted by atomic mass is 10.2. The molecular formula is C12H11BrN2O4. The molecule has 0 N–H and O–H groups in total. The summed E-state index contributed by atoms with van der Waals surface area (Å²) in [5.41, 5.74) is 0.444. The largest absolute Gasteiger partial charge is 0.539 e. The van der Waals surface area contributed by atoms with Crippen molar-refractivity contribution in [1.29, 1.82) is 0 Å². The van der Waals surface area contributed by atoms with Gasteiger partial charge in [0.2, 0.25) is 11.5 Å². The molecular weight excluding hydrogens is 316 g/mol. The first-order chi connectivity index (χ1) is 9.17. The van der Waals surface area contributed by atoms with Crippen molar-refractivity contribution in [2.24, 2.45) is 0 Å². The number of hydrogen-bond acceptors (Lipinski definition) is 5. The minimum atomic E-state index is -0.752. The summed E-state index contributed by atoms with van der Waals surface area (Å²) in [5, 5.41) is 15.1. The molecule has 2 aromatic rings. The van der Waals surface area contributed by atoms with Gasteiger partial charge in [-0.15, -0.1) is 0 Å². The van der Waals surface area contributed by atoms with Gasteiger partial charge >= 0.3 is 5.69 Å². The van der Waals surface area contributed by atoms with Gasteiger partial charge in [0.15, 0.2) is 5.95 Å². The van der Waals surface area contributed by atoms with Gasteiger partial charge in [-0.25, -0.2) is 0 Å². The van der Waals surface area contributed by atoms with E-state index in [9.17, 15) is 9.90 Å². The number of hydrogen-bond donors (Lipinski definition) is 0. The number of alkyl halides is 1. The van der Waals surface area contributed by atoms with Crippen molar-refractivity contribution >= 4 is 21.7 Å². The van der Waals surface area contributed by atoms with Crippen LogP contribution in [0.1, 0.15) is 17.4 Å². The fourth-order valence-corrected chi connectivity index (χ4v) is 1.84. The molecule has 0 saturated carbocycles. The van der Waals surface area contributed by atoms with Gasteiger partial charge in [-0.1, -0.05) is 15.9 Å². The van der Waals surface area contributed by atoms with Crippen LogP contribution in [0.4, 0.5) is 0 Å². The van der Waals surface area contributed by atoms with Crippen LogP contribution in [0.15, 0.2) is 28.8 Å². The normalized spacial score (nSPS) is 10.4. The van der Waals surface area contributed by atoms with Crippen LogP contribution in [0, 0.1) is 0 Å². The molecule has 0 bridgehead atoms. The lowest BCUT2D eigenvalue weighted by molar-refractivity contribution is -0.672.